The number of aryl methyl sites for hydroxylation is 2. The summed E-state index contributed by atoms with van der Waals surface area (Å²) in [5.41, 5.74) is 5.31. The first-order chi connectivity index (χ1) is 16.4. The lowest BCUT2D eigenvalue weighted by Gasteiger charge is -2.36. The summed E-state index contributed by atoms with van der Waals surface area (Å²) >= 11 is 1.48. The number of rotatable bonds is 7. The predicted molar refractivity (Wildman–Crippen MR) is 137 cm³/mol. The van der Waals surface area contributed by atoms with Crippen molar-refractivity contribution in [1.29, 1.82) is 0 Å². The molecule has 1 aliphatic heterocycles. The van der Waals surface area contributed by atoms with Crippen molar-refractivity contribution in [1.82, 2.24) is 5.32 Å². The predicted octanol–water partition coefficient (Wildman–Crippen LogP) is 5.27. The zero-order valence-corrected chi connectivity index (χ0v) is 20.8. The number of hydrogen-bond acceptors (Lipinski definition) is 4. The molecular weight excluding hydrogens is 444 g/mol. The Balaban J connectivity index is 1.52. The number of benzene rings is 3. The van der Waals surface area contributed by atoms with E-state index in [1.54, 1.807) is 7.11 Å². The van der Waals surface area contributed by atoms with Crippen molar-refractivity contribution in [2.45, 2.75) is 44.0 Å². The molecule has 2 atom stereocenters. The first-order valence-corrected chi connectivity index (χ1v) is 12.3. The molecule has 5 nitrogen and oxygen atoms in total. The standard InChI is InChI=1S/C28H30N2O3S/c1-18-9-10-19(2)22(15-18)17-30-24-7-5-6-8-25(24)34-26(28(30)32)20(3)27(31)29-16-21-11-13-23(33-4)14-12-21/h5-15,20,26H,16-17H2,1-4H3,(H,29,31)/t20-,26+/m0/s1. The molecule has 0 bridgehead atoms. The maximum Gasteiger partial charge on any atom is 0.241 e. The Hall–Kier alpha value is -3.25. The van der Waals surface area contributed by atoms with Gasteiger partial charge in [-0.2, -0.15) is 0 Å². The fourth-order valence-corrected chi connectivity index (χ4v) is 5.38. The Morgan fingerprint density at radius 3 is 2.56 bits per heavy atom. The molecule has 3 aromatic carbocycles. The number of nitrogens with zero attached hydrogens (tertiary/aromatic N) is 1. The van der Waals surface area contributed by atoms with Crippen LogP contribution in [0.2, 0.25) is 0 Å². The van der Waals surface area contributed by atoms with Gasteiger partial charge in [0.05, 0.1) is 25.3 Å². The normalized spacial score (nSPS) is 16.1. The Morgan fingerprint density at radius 2 is 1.82 bits per heavy atom. The third-order valence-electron chi connectivity index (χ3n) is 6.25. The molecule has 34 heavy (non-hydrogen) atoms. The van der Waals surface area contributed by atoms with E-state index in [0.29, 0.717) is 13.1 Å². The molecule has 2 amide bonds. The fourth-order valence-electron chi connectivity index (χ4n) is 4.09. The van der Waals surface area contributed by atoms with Crippen LogP contribution >= 0.6 is 11.8 Å². The van der Waals surface area contributed by atoms with Crippen molar-refractivity contribution >= 4 is 29.3 Å². The number of amides is 2. The number of thioether (sulfide) groups is 1. The van der Waals surface area contributed by atoms with Crippen molar-refractivity contribution in [2.24, 2.45) is 5.92 Å². The summed E-state index contributed by atoms with van der Waals surface area (Å²) < 4.78 is 5.19. The number of nitrogens with one attached hydrogen (secondary N) is 1. The Morgan fingerprint density at radius 1 is 1.09 bits per heavy atom. The van der Waals surface area contributed by atoms with Gasteiger partial charge in [0.2, 0.25) is 11.8 Å². The molecule has 4 rings (SSSR count). The van der Waals surface area contributed by atoms with Gasteiger partial charge >= 0.3 is 0 Å². The smallest absolute Gasteiger partial charge is 0.241 e. The first-order valence-electron chi connectivity index (χ1n) is 11.4. The number of methoxy groups -OCH3 is 1. The molecule has 0 saturated carbocycles. The monoisotopic (exact) mass is 474 g/mol. The topological polar surface area (TPSA) is 58.6 Å². The Labute approximate surface area is 205 Å². The molecule has 1 aliphatic rings. The third kappa shape index (κ3) is 5.12. The largest absolute Gasteiger partial charge is 0.497 e. The number of fused-ring (bicyclic) bond motifs is 1. The molecular formula is C28H30N2O3S. The number of ether oxygens (including phenoxy) is 1. The zero-order valence-electron chi connectivity index (χ0n) is 20.0. The van der Waals surface area contributed by atoms with Crippen molar-refractivity contribution in [3.05, 3.63) is 89.0 Å². The number of hydrogen-bond donors (Lipinski definition) is 1. The van der Waals surface area contributed by atoms with E-state index in [1.165, 1.54) is 11.8 Å². The second-order valence-electron chi connectivity index (χ2n) is 8.72. The molecule has 0 saturated heterocycles. The van der Waals surface area contributed by atoms with E-state index < -0.39 is 11.2 Å². The molecule has 3 aromatic rings. The average Bonchev–Trinajstić information content (AvgIpc) is 2.86. The van der Waals surface area contributed by atoms with E-state index in [-0.39, 0.29) is 11.8 Å². The van der Waals surface area contributed by atoms with Gasteiger partial charge in [0.25, 0.3) is 0 Å². The second-order valence-corrected chi connectivity index (χ2v) is 9.90. The number of carbonyl (C=O) groups excluding carboxylic acids is 2. The zero-order chi connectivity index (χ0) is 24.2. The van der Waals surface area contributed by atoms with Crippen LogP contribution in [0.5, 0.6) is 5.75 Å². The SMILES string of the molecule is COc1ccc(CNC(=O)[C@@H](C)[C@H]2Sc3ccccc3N(Cc3cc(C)ccc3C)C2=O)cc1. The third-order valence-corrected chi connectivity index (χ3v) is 7.71. The quantitative estimate of drug-likeness (QED) is 0.507. The van der Waals surface area contributed by atoms with Gasteiger partial charge in [-0.15, -0.1) is 11.8 Å². The van der Waals surface area contributed by atoms with E-state index in [0.717, 1.165) is 38.6 Å². The molecule has 0 fully saturated rings. The maximum atomic E-state index is 13.7. The van der Waals surface area contributed by atoms with Crippen LogP contribution in [0.4, 0.5) is 5.69 Å². The van der Waals surface area contributed by atoms with Gasteiger partial charge in [0, 0.05) is 11.4 Å². The summed E-state index contributed by atoms with van der Waals surface area (Å²) in [6, 6.07) is 21.8. The molecule has 0 radical (unpaired) electrons. The lowest BCUT2D eigenvalue weighted by Crippen LogP contribution is -2.47. The van der Waals surface area contributed by atoms with E-state index >= 15 is 0 Å². The van der Waals surface area contributed by atoms with Crippen LogP contribution in [0.1, 0.15) is 29.2 Å². The molecule has 6 heteroatoms. The van der Waals surface area contributed by atoms with Crippen LogP contribution in [-0.2, 0) is 22.7 Å². The summed E-state index contributed by atoms with van der Waals surface area (Å²) in [4.78, 5) is 29.6. The van der Waals surface area contributed by atoms with Crippen molar-refractivity contribution in [3.63, 3.8) is 0 Å². The minimum Gasteiger partial charge on any atom is -0.497 e. The molecule has 0 unspecified atom stereocenters. The molecule has 1 heterocycles. The van der Waals surface area contributed by atoms with E-state index in [9.17, 15) is 9.59 Å². The van der Waals surface area contributed by atoms with E-state index in [4.69, 9.17) is 4.74 Å². The minimum atomic E-state index is -0.490. The summed E-state index contributed by atoms with van der Waals surface area (Å²) in [5, 5.41) is 2.51. The number of carbonyl (C=O) groups is 2. The van der Waals surface area contributed by atoms with Gasteiger partial charge < -0.3 is 15.0 Å². The molecule has 1 N–H and O–H groups in total. The van der Waals surface area contributed by atoms with Crippen molar-refractivity contribution < 1.29 is 14.3 Å². The Bertz CT molecular complexity index is 1190. The van der Waals surface area contributed by atoms with Crippen LogP contribution in [0.15, 0.2) is 71.6 Å². The van der Waals surface area contributed by atoms with Gasteiger partial charge in [0.1, 0.15) is 11.0 Å². The summed E-state index contributed by atoms with van der Waals surface area (Å²) in [6.45, 7) is 6.85. The Kier molecular flexibility index (Phi) is 7.27. The highest BCUT2D eigenvalue weighted by molar-refractivity contribution is 8.01. The fraction of sp³-hybridized carbons (Fsp3) is 0.286. The highest BCUT2D eigenvalue weighted by Gasteiger charge is 2.39. The van der Waals surface area contributed by atoms with Gasteiger partial charge in [-0.3, -0.25) is 9.59 Å². The van der Waals surface area contributed by atoms with Crippen LogP contribution in [0, 0.1) is 19.8 Å². The molecule has 176 valence electrons. The summed E-state index contributed by atoms with van der Waals surface area (Å²) in [6.07, 6.45) is 0. The van der Waals surface area contributed by atoms with Gasteiger partial charge in [-0.05, 0) is 54.8 Å². The summed E-state index contributed by atoms with van der Waals surface area (Å²) in [7, 11) is 1.62. The van der Waals surface area contributed by atoms with Crippen LogP contribution in [0.25, 0.3) is 0 Å². The molecule has 0 spiro atoms. The van der Waals surface area contributed by atoms with E-state index in [2.05, 4.69) is 37.4 Å². The van der Waals surface area contributed by atoms with Gasteiger partial charge in [-0.1, -0.05) is 55.0 Å². The van der Waals surface area contributed by atoms with Crippen LogP contribution in [-0.4, -0.2) is 24.2 Å². The van der Waals surface area contributed by atoms with Crippen LogP contribution in [0.3, 0.4) is 0 Å². The lowest BCUT2D eigenvalue weighted by molar-refractivity contribution is -0.128. The van der Waals surface area contributed by atoms with Crippen molar-refractivity contribution in [3.8, 4) is 5.75 Å². The maximum absolute atomic E-state index is 13.7. The van der Waals surface area contributed by atoms with Crippen LogP contribution < -0.4 is 15.0 Å². The number of para-hydroxylation sites is 1. The summed E-state index contributed by atoms with van der Waals surface area (Å²) in [5.74, 6) is 0.130. The van der Waals surface area contributed by atoms with Crippen molar-refractivity contribution in [2.75, 3.05) is 12.0 Å². The van der Waals surface area contributed by atoms with Gasteiger partial charge in [-0.25, -0.2) is 0 Å². The second kappa shape index (κ2) is 10.3. The number of anilines is 1. The van der Waals surface area contributed by atoms with Gasteiger partial charge in [0.15, 0.2) is 0 Å². The average molecular weight is 475 g/mol. The highest BCUT2D eigenvalue weighted by Crippen LogP contribution is 2.42. The molecule has 0 aromatic heterocycles. The first kappa shape index (κ1) is 23.9. The highest BCUT2D eigenvalue weighted by atomic mass is 32.2. The minimum absolute atomic E-state index is 0.0308. The van der Waals surface area contributed by atoms with E-state index in [1.807, 2.05) is 60.4 Å². The molecule has 0 aliphatic carbocycles. The lowest BCUT2D eigenvalue weighted by atomic mass is 10.0.